The molecule has 5 atom stereocenters. The number of ether oxygens (including phenoxy) is 3. The second kappa shape index (κ2) is 12.9. The van der Waals surface area contributed by atoms with Crippen molar-refractivity contribution in [1.82, 2.24) is 5.32 Å². The van der Waals surface area contributed by atoms with Crippen LogP contribution in [-0.2, 0) is 19.0 Å². The number of nitrogens with one attached hydrogen (secondary N) is 1. The number of aliphatic carboxylic acids is 1. The highest BCUT2D eigenvalue weighted by Gasteiger charge is 2.40. The first-order valence-corrected chi connectivity index (χ1v) is 9.72. The zero-order chi connectivity index (χ0) is 22.7. The van der Waals surface area contributed by atoms with Crippen LogP contribution in [0, 0.1) is 5.92 Å². The third kappa shape index (κ3) is 8.43. The van der Waals surface area contributed by atoms with E-state index in [-0.39, 0.29) is 25.7 Å². The normalized spacial score (nSPS) is 22.8. The van der Waals surface area contributed by atoms with Crippen LogP contribution in [0.5, 0.6) is 0 Å². The van der Waals surface area contributed by atoms with Crippen LogP contribution in [0.25, 0.3) is 0 Å². The molecule has 0 aromatic heterocycles. The maximum atomic E-state index is 11.7. The number of unbranched alkanes of at least 4 members (excludes halogenated alkanes) is 1. The summed E-state index contributed by atoms with van der Waals surface area (Å²) in [5.41, 5.74) is 10.7. The smallest absolute Gasteiger partial charge is 0.407 e. The van der Waals surface area contributed by atoms with E-state index in [1.54, 1.807) is 6.92 Å². The number of nitrogens with zero attached hydrogens (tertiary/aromatic N) is 1. The van der Waals surface area contributed by atoms with E-state index >= 15 is 0 Å². The molecule has 0 unspecified atom stereocenters. The minimum atomic E-state index is -1.53. The first-order chi connectivity index (χ1) is 14.2. The number of guanidine groups is 1. The molecule has 1 rings (SSSR count). The van der Waals surface area contributed by atoms with E-state index in [9.17, 15) is 24.9 Å². The Bertz CT molecular complexity index is 623. The number of nitrogens with two attached hydrogens (primary N) is 2. The average Bonchev–Trinajstić information content (AvgIpc) is 2.69. The van der Waals surface area contributed by atoms with Crippen molar-refractivity contribution >= 4 is 18.0 Å². The molecule has 1 amide bonds. The minimum Gasteiger partial charge on any atom is -0.480 e. The number of amides is 1. The Hall–Kier alpha value is -2.57. The van der Waals surface area contributed by atoms with Crippen molar-refractivity contribution in [2.45, 2.75) is 51.0 Å². The summed E-state index contributed by atoms with van der Waals surface area (Å²) >= 11 is 0. The number of aliphatic imine (C=N–C) groups is 1. The molecule has 0 aliphatic carbocycles. The van der Waals surface area contributed by atoms with Gasteiger partial charge in [-0.3, -0.25) is 0 Å². The molecule has 0 fully saturated rings. The van der Waals surface area contributed by atoms with Crippen LogP contribution in [0.3, 0.4) is 0 Å². The second-order valence-electron chi connectivity index (χ2n) is 6.86. The molecule has 12 heteroatoms. The van der Waals surface area contributed by atoms with E-state index in [4.69, 9.17) is 25.7 Å². The third-order valence-corrected chi connectivity index (χ3v) is 4.44. The fraction of sp³-hybridized carbons (Fsp3) is 0.722. The van der Waals surface area contributed by atoms with Gasteiger partial charge < -0.3 is 46.3 Å². The van der Waals surface area contributed by atoms with Crippen LogP contribution in [0.2, 0.25) is 0 Å². The quantitative estimate of drug-likeness (QED) is 0.125. The summed E-state index contributed by atoms with van der Waals surface area (Å²) < 4.78 is 15.5. The van der Waals surface area contributed by atoms with Crippen molar-refractivity contribution in [3.8, 4) is 0 Å². The van der Waals surface area contributed by atoms with Gasteiger partial charge in [-0.15, -0.1) is 0 Å². The Kier molecular flexibility index (Phi) is 10.9. The Morgan fingerprint density at radius 3 is 2.60 bits per heavy atom. The standard InChI is InChI=1S/C18H32N4O8/c1-3-4-5-28-6-7-29-18(27)21-9-12(23)14(24)15-10(2)11(22-17(19)20)8-13(30-15)16(25)26/h8,10-12,14-15,23-24H,3-7,9H2,1-2H3,(H,21,27)(H,25,26)(H4,19,20,22)/t10-,11+,12-,14-,15-/m1/s1. The number of carbonyl (C=O) groups excluding carboxylic acids is 1. The molecule has 172 valence electrons. The average molecular weight is 432 g/mol. The van der Waals surface area contributed by atoms with E-state index < -0.39 is 48.1 Å². The van der Waals surface area contributed by atoms with Gasteiger partial charge in [-0.2, -0.15) is 0 Å². The van der Waals surface area contributed by atoms with E-state index in [2.05, 4.69) is 10.3 Å². The van der Waals surface area contributed by atoms with Gasteiger partial charge in [0.1, 0.15) is 24.9 Å². The highest BCUT2D eigenvalue weighted by atomic mass is 16.6. The summed E-state index contributed by atoms with van der Waals surface area (Å²) in [7, 11) is 0. The SMILES string of the molecule is CCCCOCCOC(=O)NC[C@@H](O)[C@@H](O)[C@@H]1OC(C(=O)O)=C[C@H](N=C(N)N)[C@H]1C. The predicted octanol–water partition coefficient (Wildman–Crippen LogP) is -1.10. The molecule has 0 aromatic rings. The van der Waals surface area contributed by atoms with Crippen molar-refractivity contribution in [2.24, 2.45) is 22.4 Å². The molecule has 0 saturated carbocycles. The second-order valence-corrected chi connectivity index (χ2v) is 6.86. The van der Waals surface area contributed by atoms with Crippen molar-refractivity contribution in [1.29, 1.82) is 0 Å². The highest BCUT2D eigenvalue weighted by Crippen LogP contribution is 2.29. The lowest BCUT2D eigenvalue weighted by Gasteiger charge is -2.36. The minimum absolute atomic E-state index is 0.0456. The Morgan fingerprint density at radius 2 is 2.00 bits per heavy atom. The molecule has 0 aromatic carbocycles. The Balaban J connectivity index is 2.57. The van der Waals surface area contributed by atoms with Gasteiger partial charge in [0.15, 0.2) is 5.96 Å². The van der Waals surface area contributed by atoms with E-state index in [0.717, 1.165) is 12.8 Å². The number of carbonyl (C=O) groups is 2. The fourth-order valence-corrected chi connectivity index (χ4v) is 2.74. The van der Waals surface area contributed by atoms with Crippen molar-refractivity contribution in [3.63, 3.8) is 0 Å². The molecular weight excluding hydrogens is 400 g/mol. The van der Waals surface area contributed by atoms with Crippen LogP contribution in [0.4, 0.5) is 4.79 Å². The number of carboxylic acids is 1. The summed E-state index contributed by atoms with van der Waals surface area (Å²) in [6, 6.07) is -0.771. The van der Waals surface area contributed by atoms with Crippen LogP contribution >= 0.6 is 0 Å². The topological polar surface area (TPSA) is 199 Å². The number of hydrogen-bond acceptors (Lipinski definition) is 8. The molecule has 0 spiro atoms. The van der Waals surface area contributed by atoms with Crippen molar-refractivity contribution < 1.29 is 39.1 Å². The molecular formula is C18H32N4O8. The van der Waals surface area contributed by atoms with Gasteiger partial charge in [-0.05, 0) is 12.5 Å². The number of rotatable bonds is 12. The molecule has 30 heavy (non-hydrogen) atoms. The van der Waals surface area contributed by atoms with E-state index in [1.165, 1.54) is 6.08 Å². The van der Waals surface area contributed by atoms with Gasteiger partial charge in [0.2, 0.25) is 5.76 Å². The zero-order valence-electron chi connectivity index (χ0n) is 17.2. The summed E-state index contributed by atoms with van der Waals surface area (Å²) in [6.45, 7) is 4.20. The lowest BCUT2D eigenvalue weighted by Crippen LogP contribution is -2.51. The number of hydrogen-bond donors (Lipinski definition) is 6. The Labute approximate surface area is 174 Å². The summed E-state index contributed by atoms with van der Waals surface area (Å²) in [6.07, 6.45) is -1.77. The zero-order valence-corrected chi connectivity index (χ0v) is 17.2. The largest absolute Gasteiger partial charge is 0.480 e. The van der Waals surface area contributed by atoms with Gasteiger partial charge >= 0.3 is 12.1 Å². The lowest BCUT2D eigenvalue weighted by molar-refractivity contribution is -0.145. The summed E-state index contributed by atoms with van der Waals surface area (Å²) in [5.74, 6) is -2.64. The molecule has 8 N–H and O–H groups in total. The number of carboxylic acid groups (broad SMARTS) is 1. The Morgan fingerprint density at radius 1 is 1.30 bits per heavy atom. The van der Waals surface area contributed by atoms with Gasteiger partial charge in [0.25, 0.3) is 0 Å². The fourth-order valence-electron chi connectivity index (χ4n) is 2.74. The molecule has 12 nitrogen and oxygen atoms in total. The summed E-state index contributed by atoms with van der Waals surface area (Å²) in [5, 5.41) is 32.2. The van der Waals surface area contributed by atoms with Gasteiger partial charge in [-0.1, -0.05) is 20.3 Å². The number of aliphatic hydroxyl groups is 2. The van der Waals surface area contributed by atoms with Crippen LogP contribution in [-0.4, -0.2) is 84.1 Å². The van der Waals surface area contributed by atoms with Crippen LogP contribution in [0.15, 0.2) is 16.8 Å². The maximum Gasteiger partial charge on any atom is 0.407 e. The van der Waals surface area contributed by atoms with Gasteiger partial charge in [0, 0.05) is 19.1 Å². The van der Waals surface area contributed by atoms with Crippen LogP contribution < -0.4 is 16.8 Å². The first-order valence-electron chi connectivity index (χ1n) is 9.72. The van der Waals surface area contributed by atoms with E-state index in [0.29, 0.717) is 6.61 Å². The number of alkyl carbamates (subject to hydrolysis) is 1. The molecule has 0 radical (unpaired) electrons. The van der Waals surface area contributed by atoms with Gasteiger partial charge in [-0.25, -0.2) is 14.6 Å². The maximum absolute atomic E-state index is 11.7. The molecule has 0 saturated heterocycles. The van der Waals surface area contributed by atoms with Crippen LogP contribution in [0.1, 0.15) is 26.7 Å². The summed E-state index contributed by atoms with van der Waals surface area (Å²) in [4.78, 5) is 26.9. The molecule has 1 aliphatic rings. The first kappa shape index (κ1) is 25.5. The highest BCUT2D eigenvalue weighted by molar-refractivity contribution is 5.85. The van der Waals surface area contributed by atoms with E-state index in [1.807, 2.05) is 6.92 Å². The third-order valence-electron chi connectivity index (χ3n) is 4.44. The number of aliphatic hydroxyl groups excluding tert-OH is 2. The predicted molar refractivity (Wildman–Crippen MR) is 106 cm³/mol. The molecule has 0 bridgehead atoms. The van der Waals surface area contributed by atoms with Crippen molar-refractivity contribution in [2.75, 3.05) is 26.4 Å². The monoisotopic (exact) mass is 432 g/mol. The molecule has 1 aliphatic heterocycles. The van der Waals surface area contributed by atoms with Gasteiger partial charge in [0.05, 0.1) is 12.6 Å². The lowest BCUT2D eigenvalue weighted by atomic mass is 9.87. The van der Waals surface area contributed by atoms with Crippen molar-refractivity contribution in [3.05, 3.63) is 11.8 Å². The molecule has 1 heterocycles.